The van der Waals surface area contributed by atoms with E-state index in [1.165, 1.54) is 10.4 Å². The predicted molar refractivity (Wildman–Crippen MR) is 117 cm³/mol. The molecule has 29 heavy (non-hydrogen) atoms. The smallest absolute Gasteiger partial charge is 0.293 e. The van der Waals surface area contributed by atoms with E-state index in [4.69, 9.17) is 9.16 Å². The third-order valence-electron chi connectivity index (χ3n) is 5.70. The summed E-state index contributed by atoms with van der Waals surface area (Å²) in [5, 5.41) is 2.26. The van der Waals surface area contributed by atoms with E-state index in [-0.39, 0.29) is 11.0 Å². The van der Waals surface area contributed by atoms with Gasteiger partial charge in [-0.1, -0.05) is 87.5 Å². The molecule has 0 spiro atoms. The molecule has 3 rings (SSSR count). The molecule has 0 N–H and O–H groups in total. The summed E-state index contributed by atoms with van der Waals surface area (Å²) < 4.78 is 12.0. The Kier molecular flexibility index (Phi) is 6.50. The first-order chi connectivity index (χ1) is 13.9. The van der Waals surface area contributed by atoms with Crippen LogP contribution < -0.4 is 10.4 Å². The molecule has 0 heterocycles. The van der Waals surface area contributed by atoms with Crippen LogP contribution in [-0.4, -0.2) is 33.8 Å². The fourth-order valence-electron chi connectivity index (χ4n) is 4.28. The van der Waals surface area contributed by atoms with E-state index in [9.17, 15) is 9.59 Å². The van der Waals surface area contributed by atoms with Crippen LogP contribution in [0.25, 0.3) is 0 Å². The minimum absolute atomic E-state index is 0.126. The Morgan fingerprint density at radius 2 is 1.45 bits per heavy atom. The normalized spacial score (nSPS) is 21.7. The summed E-state index contributed by atoms with van der Waals surface area (Å²) in [6, 6.07) is 20.8. The fourth-order valence-corrected chi connectivity index (χ4v) is 8.88. The molecule has 0 aliphatic heterocycles. The van der Waals surface area contributed by atoms with Crippen molar-refractivity contribution in [2.24, 2.45) is 11.8 Å². The average molecular weight is 409 g/mol. The minimum Gasteiger partial charge on any atom is -0.460 e. The van der Waals surface area contributed by atoms with Gasteiger partial charge in [0.2, 0.25) is 0 Å². The van der Waals surface area contributed by atoms with Gasteiger partial charge in [-0.05, 0) is 21.5 Å². The van der Waals surface area contributed by atoms with Crippen molar-refractivity contribution in [3.63, 3.8) is 0 Å². The highest BCUT2D eigenvalue weighted by molar-refractivity contribution is 6.99. The molecule has 1 aliphatic carbocycles. The lowest BCUT2D eigenvalue weighted by Crippen LogP contribution is -2.67. The van der Waals surface area contributed by atoms with Gasteiger partial charge >= 0.3 is 0 Å². The molecule has 0 amide bonds. The van der Waals surface area contributed by atoms with E-state index in [0.717, 1.165) is 6.29 Å². The molecule has 4 nitrogen and oxygen atoms in total. The van der Waals surface area contributed by atoms with E-state index >= 15 is 0 Å². The van der Waals surface area contributed by atoms with Gasteiger partial charge in [-0.3, -0.25) is 4.79 Å². The van der Waals surface area contributed by atoms with Crippen LogP contribution in [0.4, 0.5) is 0 Å². The second kappa shape index (κ2) is 8.89. The first-order valence-electron chi connectivity index (χ1n) is 9.92. The molecule has 152 valence electrons. The molecule has 0 fully saturated rings. The summed E-state index contributed by atoms with van der Waals surface area (Å²) in [6.07, 6.45) is 4.07. The lowest BCUT2D eigenvalue weighted by Gasteiger charge is -2.43. The highest BCUT2D eigenvalue weighted by Gasteiger charge is 2.50. The van der Waals surface area contributed by atoms with Gasteiger partial charge in [0.25, 0.3) is 14.8 Å². The molecule has 0 saturated carbocycles. The van der Waals surface area contributed by atoms with Crippen molar-refractivity contribution in [2.75, 3.05) is 6.61 Å². The van der Waals surface area contributed by atoms with Crippen LogP contribution in [0.2, 0.25) is 5.04 Å². The van der Waals surface area contributed by atoms with Crippen molar-refractivity contribution in [1.82, 2.24) is 0 Å². The number of carbonyl (C=O) groups is 2. The second-order valence-electron chi connectivity index (χ2n) is 8.43. The van der Waals surface area contributed by atoms with Crippen molar-refractivity contribution in [1.29, 1.82) is 0 Å². The lowest BCUT2D eigenvalue weighted by atomic mass is 9.96. The first-order valence-corrected chi connectivity index (χ1v) is 11.8. The minimum atomic E-state index is -2.66. The van der Waals surface area contributed by atoms with Gasteiger partial charge < -0.3 is 14.0 Å². The first kappa shape index (κ1) is 21.2. The van der Waals surface area contributed by atoms with Gasteiger partial charge in [0, 0.05) is 12.5 Å². The maximum atomic E-state index is 11.7. The van der Waals surface area contributed by atoms with Crippen LogP contribution in [-0.2, 0) is 18.8 Å². The van der Waals surface area contributed by atoms with Crippen molar-refractivity contribution < 1.29 is 18.8 Å². The molecule has 3 atom stereocenters. The summed E-state index contributed by atoms with van der Waals surface area (Å²) >= 11 is 0. The molecule has 0 bridgehead atoms. The lowest BCUT2D eigenvalue weighted by molar-refractivity contribution is -0.135. The Balaban J connectivity index is 2.00. The SMILES string of the molecule is CC(C)(C)[Si](OC[C@H]1C=C[C@H](OC=O)[C@@H]1C=O)(c1ccccc1)c1ccccc1. The summed E-state index contributed by atoms with van der Waals surface area (Å²) in [6.45, 7) is 7.46. The third-order valence-corrected chi connectivity index (χ3v) is 10.7. The molecular weight excluding hydrogens is 380 g/mol. The second-order valence-corrected chi connectivity index (χ2v) is 12.7. The summed E-state index contributed by atoms with van der Waals surface area (Å²) in [4.78, 5) is 22.4. The molecule has 0 radical (unpaired) electrons. The maximum absolute atomic E-state index is 11.7. The van der Waals surface area contributed by atoms with E-state index in [1.807, 2.05) is 42.5 Å². The van der Waals surface area contributed by atoms with Gasteiger partial charge in [0.05, 0.1) is 5.92 Å². The quantitative estimate of drug-likeness (QED) is 0.383. The predicted octanol–water partition coefficient (Wildman–Crippen LogP) is 3.11. The molecule has 2 aromatic carbocycles. The molecular formula is C24H28O4Si. The van der Waals surface area contributed by atoms with Crippen molar-refractivity contribution in [2.45, 2.75) is 31.9 Å². The van der Waals surface area contributed by atoms with Crippen LogP contribution in [0.3, 0.4) is 0 Å². The number of hydrogen-bond donors (Lipinski definition) is 0. The van der Waals surface area contributed by atoms with Gasteiger partial charge in [0.1, 0.15) is 12.4 Å². The number of rotatable bonds is 8. The Labute approximate surface area is 173 Å². The zero-order valence-corrected chi connectivity index (χ0v) is 18.2. The molecule has 0 unspecified atom stereocenters. The number of hydrogen-bond acceptors (Lipinski definition) is 4. The third kappa shape index (κ3) is 4.11. The van der Waals surface area contributed by atoms with Crippen LogP contribution >= 0.6 is 0 Å². The summed E-state index contributed by atoms with van der Waals surface area (Å²) in [5.41, 5.74) is 0. The Morgan fingerprint density at radius 1 is 0.897 bits per heavy atom. The van der Waals surface area contributed by atoms with E-state index in [1.54, 1.807) is 6.08 Å². The molecule has 1 aliphatic rings. The number of benzene rings is 2. The average Bonchev–Trinajstić information content (AvgIpc) is 3.11. The van der Waals surface area contributed by atoms with Crippen LogP contribution in [0.1, 0.15) is 20.8 Å². The fraction of sp³-hybridized carbons (Fsp3) is 0.333. The van der Waals surface area contributed by atoms with Crippen molar-refractivity contribution in [3.8, 4) is 0 Å². The van der Waals surface area contributed by atoms with Gasteiger partial charge in [0.15, 0.2) is 0 Å². The Bertz CT molecular complexity index is 803. The Morgan fingerprint density at radius 3 is 1.90 bits per heavy atom. The van der Waals surface area contributed by atoms with Crippen molar-refractivity contribution >= 4 is 31.4 Å². The number of carbonyl (C=O) groups excluding carboxylic acids is 2. The molecule has 0 aromatic heterocycles. The van der Waals surface area contributed by atoms with Crippen molar-refractivity contribution in [3.05, 3.63) is 72.8 Å². The number of aldehydes is 1. The Hall–Kier alpha value is -2.50. The van der Waals surface area contributed by atoms with Gasteiger partial charge in [-0.15, -0.1) is 0 Å². The van der Waals surface area contributed by atoms with Gasteiger partial charge in [-0.2, -0.15) is 0 Å². The molecule has 0 saturated heterocycles. The van der Waals surface area contributed by atoms with Crippen LogP contribution in [0, 0.1) is 11.8 Å². The maximum Gasteiger partial charge on any atom is 0.293 e. The zero-order valence-electron chi connectivity index (χ0n) is 17.2. The standard InChI is InChI=1S/C24H28O4Si/c1-24(2,3)29(20-10-6-4-7-11-20,21-12-8-5-9-13-21)28-17-19-14-15-23(27-18-26)22(19)16-25/h4-16,18-19,22-23H,17H2,1-3H3/t19-,22-,23+/m1/s1. The van der Waals surface area contributed by atoms with E-state index in [2.05, 4.69) is 45.0 Å². The van der Waals surface area contributed by atoms with E-state index < -0.39 is 20.3 Å². The van der Waals surface area contributed by atoms with Gasteiger partial charge in [-0.25, -0.2) is 0 Å². The molecule has 5 heteroatoms. The topological polar surface area (TPSA) is 52.6 Å². The number of ether oxygens (including phenoxy) is 1. The molecule has 2 aromatic rings. The summed E-state index contributed by atoms with van der Waals surface area (Å²) in [7, 11) is -2.66. The zero-order chi connectivity index (χ0) is 20.9. The van der Waals surface area contributed by atoms with E-state index in [0.29, 0.717) is 13.1 Å². The largest absolute Gasteiger partial charge is 0.460 e. The van der Waals surface area contributed by atoms with Crippen LogP contribution in [0.5, 0.6) is 0 Å². The highest BCUT2D eigenvalue weighted by Crippen LogP contribution is 2.38. The monoisotopic (exact) mass is 408 g/mol. The summed E-state index contributed by atoms with van der Waals surface area (Å²) in [5.74, 6) is -0.544. The highest BCUT2D eigenvalue weighted by atomic mass is 28.4. The van der Waals surface area contributed by atoms with Crippen LogP contribution in [0.15, 0.2) is 72.8 Å².